The molecule has 17 heavy (non-hydrogen) atoms. The first-order valence-electron chi connectivity index (χ1n) is 5.57. The molecular formula is C10H17F3N2O2. The maximum atomic E-state index is 11.9. The fourth-order valence-corrected chi connectivity index (χ4v) is 1.87. The molecule has 0 saturated carbocycles. The number of hydrogen-bond donors (Lipinski definition) is 2. The van der Waals surface area contributed by atoms with Gasteiger partial charge in [0.2, 0.25) is 0 Å². The van der Waals surface area contributed by atoms with Crippen LogP contribution in [0.15, 0.2) is 0 Å². The van der Waals surface area contributed by atoms with Gasteiger partial charge in [-0.25, -0.2) is 4.79 Å². The fourth-order valence-electron chi connectivity index (χ4n) is 1.87. The van der Waals surface area contributed by atoms with Crippen LogP contribution in [0.25, 0.3) is 0 Å². The smallest absolute Gasteiger partial charge is 0.393 e. The van der Waals surface area contributed by atoms with Gasteiger partial charge in [0.05, 0.1) is 6.10 Å². The maximum Gasteiger partial charge on any atom is 0.405 e. The van der Waals surface area contributed by atoms with Crippen LogP contribution in [0.3, 0.4) is 0 Å². The summed E-state index contributed by atoms with van der Waals surface area (Å²) in [6, 6.07) is -0.689. The molecule has 1 unspecified atom stereocenters. The van der Waals surface area contributed by atoms with E-state index in [-0.39, 0.29) is 5.92 Å². The number of likely N-dealkylation sites (tertiary alicyclic amines) is 1. The molecular weight excluding hydrogens is 237 g/mol. The highest BCUT2D eigenvalue weighted by atomic mass is 19.4. The first-order valence-corrected chi connectivity index (χ1v) is 5.57. The minimum atomic E-state index is -4.38. The number of amides is 2. The summed E-state index contributed by atoms with van der Waals surface area (Å²) in [6.07, 6.45) is -3.57. The summed E-state index contributed by atoms with van der Waals surface area (Å²) in [5, 5.41) is 11.2. The Balaban J connectivity index is 2.31. The van der Waals surface area contributed by atoms with Crippen molar-refractivity contribution in [1.29, 1.82) is 0 Å². The Morgan fingerprint density at radius 3 is 2.41 bits per heavy atom. The standard InChI is InChI=1S/C10H17F3N2O2/c1-7(16)8-2-4-15(5-3-8)9(17)14-6-10(11,12)13/h7-8,16H,2-6H2,1H3,(H,14,17). The second-order valence-electron chi connectivity index (χ2n) is 4.34. The van der Waals surface area contributed by atoms with Gasteiger partial charge in [0.15, 0.2) is 0 Å². The Hall–Kier alpha value is -0.980. The lowest BCUT2D eigenvalue weighted by Crippen LogP contribution is -2.47. The van der Waals surface area contributed by atoms with E-state index in [1.165, 1.54) is 4.90 Å². The molecule has 0 aliphatic carbocycles. The zero-order chi connectivity index (χ0) is 13.1. The summed E-state index contributed by atoms with van der Waals surface area (Å²) in [5.74, 6) is 0.127. The average molecular weight is 254 g/mol. The van der Waals surface area contributed by atoms with E-state index in [2.05, 4.69) is 0 Å². The van der Waals surface area contributed by atoms with Crippen LogP contribution in [0.1, 0.15) is 19.8 Å². The topological polar surface area (TPSA) is 52.6 Å². The molecule has 1 heterocycles. The summed E-state index contributed by atoms with van der Waals surface area (Å²) in [5.41, 5.74) is 0. The lowest BCUT2D eigenvalue weighted by Gasteiger charge is -2.33. The third kappa shape index (κ3) is 4.80. The van der Waals surface area contributed by atoms with E-state index in [9.17, 15) is 23.1 Å². The van der Waals surface area contributed by atoms with E-state index < -0.39 is 24.9 Å². The second-order valence-corrected chi connectivity index (χ2v) is 4.34. The molecule has 1 atom stereocenters. The number of nitrogens with one attached hydrogen (secondary N) is 1. The van der Waals surface area contributed by atoms with Crippen LogP contribution in [0.5, 0.6) is 0 Å². The molecule has 0 radical (unpaired) electrons. The summed E-state index contributed by atoms with van der Waals surface area (Å²) in [6.45, 7) is 1.16. The van der Waals surface area contributed by atoms with Gasteiger partial charge in [-0.05, 0) is 25.7 Å². The van der Waals surface area contributed by atoms with Crippen LogP contribution in [0, 0.1) is 5.92 Å². The molecule has 100 valence electrons. The number of urea groups is 1. The number of nitrogens with zero attached hydrogens (tertiary/aromatic N) is 1. The van der Waals surface area contributed by atoms with E-state index in [1.807, 2.05) is 5.32 Å². The Labute approximate surface area is 97.8 Å². The molecule has 0 aromatic heterocycles. The number of aliphatic hydroxyl groups excluding tert-OH is 1. The van der Waals surface area contributed by atoms with Crippen molar-refractivity contribution in [2.75, 3.05) is 19.6 Å². The van der Waals surface area contributed by atoms with Crippen LogP contribution >= 0.6 is 0 Å². The van der Waals surface area contributed by atoms with E-state index in [1.54, 1.807) is 6.92 Å². The van der Waals surface area contributed by atoms with E-state index >= 15 is 0 Å². The number of hydrogen-bond acceptors (Lipinski definition) is 2. The Morgan fingerprint density at radius 2 is 2.00 bits per heavy atom. The van der Waals surface area contributed by atoms with Crippen LogP contribution in [0.4, 0.5) is 18.0 Å². The van der Waals surface area contributed by atoms with Crippen molar-refractivity contribution < 1.29 is 23.1 Å². The van der Waals surface area contributed by atoms with Gasteiger partial charge >= 0.3 is 12.2 Å². The number of halogens is 3. The Kier molecular flexibility index (Phi) is 4.62. The fraction of sp³-hybridized carbons (Fsp3) is 0.900. The van der Waals surface area contributed by atoms with Crippen LogP contribution < -0.4 is 5.32 Å². The highest BCUT2D eigenvalue weighted by Gasteiger charge is 2.30. The van der Waals surface area contributed by atoms with Crippen molar-refractivity contribution in [3.8, 4) is 0 Å². The molecule has 4 nitrogen and oxygen atoms in total. The zero-order valence-corrected chi connectivity index (χ0v) is 9.63. The summed E-state index contributed by atoms with van der Waals surface area (Å²) < 4.78 is 35.7. The molecule has 1 saturated heterocycles. The number of alkyl halides is 3. The van der Waals surface area contributed by atoms with Gasteiger partial charge < -0.3 is 15.3 Å². The average Bonchev–Trinajstić information content (AvgIpc) is 2.25. The first-order chi connectivity index (χ1) is 7.79. The minimum Gasteiger partial charge on any atom is -0.393 e. The Bertz CT molecular complexity index is 261. The van der Waals surface area contributed by atoms with Gasteiger partial charge in [0.25, 0.3) is 0 Å². The Morgan fingerprint density at radius 1 is 1.47 bits per heavy atom. The van der Waals surface area contributed by atoms with E-state index in [0.29, 0.717) is 25.9 Å². The van der Waals surface area contributed by atoms with Gasteiger partial charge in [0, 0.05) is 13.1 Å². The lowest BCUT2D eigenvalue weighted by molar-refractivity contribution is -0.123. The third-order valence-corrected chi connectivity index (χ3v) is 2.95. The molecule has 2 N–H and O–H groups in total. The molecule has 1 rings (SSSR count). The number of rotatable bonds is 2. The summed E-state index contributed by atoms with van der Waals surface area (Å²) in [7, 11) is 0. The minimum absolute atomic E-state index is 0.127. The zero-order valence-electron chi connectivity index (χ0n) is 9.63. The quantitative estimate of drug-likeness (QED) is 0.781. The molecule has 1 fully saturated rings. The van der Waals surface area contributed by atoms with E-state index in [4.69, 9.17) is 0 Å². The summed E-state index contributed by atoms with van der Waals surface area (Å²) >= 11 is 0. The van der Waals surface area contributed by atoms with E-state index in [0.717, 1.165) is 0 Å². The largest absolute Gasteiger partial charge is 0.405 e. The maximum absolute atomic E-state index is 11.9. The molecule has 1 aliphatic heterocycles. The van der Waals surface area contributed by atoms with Crippen molar-refractivity contribution in [3.63, 3.8) is 0 Å². The van der Waals surface area contributed by atoms with Crippen molar-refractivity contribution in [2.24, 2.45) is 5.92 Å². The predicted molar refractivity (Wildman–Crippen MR) is 55.4 cm³/mol. The van der Waals surface area contributed by atoms with Gasteiger partial charge in [-0.2, -0.15) is 13.2 Å². The summed E-state index contributed by atoms with van der Waals surface area (Å²) in [4.78, 5) is 12.7. The third-order valence-electron chi connectivity index (χ3n) is 2.95. The van der Waals surface area contributed by atoms with Crippen molar-refractivity contribution >= 4 is 6.03 Å². The van der Waals surface area contributed by atoms with Crippen LogP contribution in [-0.2, 0) is 0 Å². The molecule has 0 aromatic rings. The normalized spacial score (nSPS) is 20.2. The highest BCUT2D eigenvalue weighted by molar-refractivity contribution is 5.74. The number of carbonyl (C=O) groups excluding carboxylic acids is 1. The van der Waals surface area contributed by atoms with Crippen LogP contribution in [-0.4, -0.2) is 48.0 Å². The number of aliphatic hydroxyl groups is 1. The molecule has 2 amide bonds. The van der Waals surface area contributed by atoms with Crippen molar-refractivity contribution in [2.45, 2.75) is 32.0 Å². The first kappa shape index (κ1) is 14.1. The molecule has 0 aromatic carbocycles. The SMILES string of the molecule is CC(O)C1CCN(C(=O)NCC(F)(F)F)CC1. The van der Waals surface area contributed by atoms with Gasteiger partial charge in [0.1, 0.15) is 6.54 Å². The molecule has 1 aliphatic rings. The molecule has 7 heteroatoms. The van der Waals surface area contributed by atoms with Crippen molar-refractivity contribution in [3.05, 3.63) is 0 Å². The predicted octanol–water partition coefficient (Wildman–Crippen LogP) is 1.35. The second kappa shape index (κ2) is 5.57. The molecule has 0 bridgehead atoms. The lowest BCUT2D eigenvalue weighted by atomic mass is 9.92. The number of piperidine rings is 1. The van der Waals surface area contributed by atoms with Crippen LogP contribution in [0.2, 0.25) is 0 Å². The monoisotopic (exact) mass is 254 g/mol. The number of carbonyl (C=O) groups is 1. The van der Waals surface area contributed by atoms with Gasteiger partial charge in [-0.3, -0.25) is 0 Å². The highest BCUT2D eigenvalue weighted by Crippen LogP contribution is 2.20. The van der Waals surface area contributed by atoms with Gasteiger partial charge in [-0.15, -0.1) is 0 Å². The van der Waals surface area contributed by atoms with Gasteiger partial charge in [-0.1, -0.05) is 0 Å². The molecule has 0 spiro atoms. The van der Waals surface area contributed by atoms with Crippen molar-refractivity contribution in [1.82, 2.24) is 10.2 Å².